The first-order chi connectivity index (χ1) is 9.03. The van der Waals surface area contributed by atoms with Gasteiger partial charge in [0.25, 0.3) is 0 Å². The molecule has 0 aromatic carbocycles. The SMILES string of the molecule is CC(C)C(C)CC(=O)NC(CCOC(C)(C)C)C(=O)O. The highest BCUT2D eigenvalue weighted by molar-refractivity contribution is 5.83. The van der Waals surface area contributed by atoms with Gasteiger partial charge in [0, 0.05) is 19.4 Å². The van der Waals surface area contributed by atoms with Crippen LogP contribution < -0.4 is 5.32 Å². The fourth-order valence-electron chi connectivity index (χ4n) is 1.52. The summed E-state index contributed by atoms with van der Waals surface area (Å²) in [4.78, 5) is 23.0. The Balaban J connectivity index is 4.27. The lowest BCUT2D eigenvalue weighted by molar-refractivity contribution is -0.143. The van der Waals surface area contributed by atoms with E-state index in [1.54, 1.807) is 0 Å². The normalized spacial score (nSPS) is 14.9. The fourth-order valence-corrected chi connectivity index (χ4v) is 1.52. The van der Waals surface area contributed by atoms with Crippen LogP contribution in [0.1, 0.15) is 54.4 Å². The van der Waals surface area contributed by atoms with Crippen molar-refractivity contribution in [3.05, 3.63) is 0 Å². The third-order valence-electron chi connectivity index (χ3n) is 3.22. The van der Waals surface area contributed by atoms with Gasteiger partial charge in [-0.25, -0.2) is 4.79 Å². The molecule has 0 spiro atoms. The maximum absolute atomic E-state index is 11.8. The van der Waals surface area contributed by atoms with E-state index in [1.807, 2.05) is 41.5 Å². The van der Waals surface area contributed by atoms with Crippen molar-refractivity contribution in [2.24, 2.45) is 11.8 Å². The summed E-state index contributed by atoms with van der Waals surface area (Å²) in [5.74, 6) is -0.606. The van der Waals surface area contributed by atoms with Gasteiger partial charge in [-0.2, -0.15) is 0 Å². The topological polar surface area (TPSA) is 75.6 Å². The summed E-state index contributed by atoms with van der Waals surface area (Å²) in [5.41, 5.74) is -0.306. The van der Waals surface area contributed by atoms with Crippen molar-refractivity contribution in [1.29, 1.82) is 0 Å². The second-order valence-electron chi connectivity index (χ2n) is 6.63. The Hall–Kier alpha value is -1.10. The van der Waals surface area contributed by atoms with Crippen LogP contribution >= 0.6 is 0 Å². The second-order valence-corrected chi connectivity index (χ2v) is 6.63. The van der Waals surface area contributed by atoms with Crippen molar-refractivity contribution >= 4 is 11.9 Å². The Morgan fingerprint density at radius 1 is 1.20 bits per heavy atom. The van der Waals surface area contributed by atoms with Crippen LogP contribution in [0.5, 0.6) is 0 Å². The smallest absolute Gasteiger partial charge is 0.326 e. The molecule has 0 bridgehead atoms. The van der Waals surface area contributed by atoms with Crippen LogP contribution in [0.2, 0.25) is 0 Å². The molecule has 5 heteroatoms. The number of carboxylic acids is 1. The third kappa shape index (κ3) is 8.91. The molecule has 0 heterocycles. The molecule has 0 aliphatic rings. The Morgan fingerprint density at radius 3 is 2.15 bits per heavy atom. The number of rotatable bonds is 8. The van der Waals surface area contributed by atoms with E-state index in [4.69, 9.17) is 9.84 Å². The molecule has 0 rings (SSSR count). The zero-order chi connectivity index (χ0) is 15.9. The molecule has 0 aliphatic heterocycles. The molecule has 2 unspecified atom stereocenters. The van der Waals surface area contributed by atoms with E-state index in [9.17, 15) is 9.59 Å². The van der Waals surface area contributed by atoms with Gasteiger partial charge < -0.3 is 15.2 Å². The second kappa shape index (κ2) is 8.25. The van der Waals surface area contributed by atoms with Crippen molar-refractivity contribution in [3.8, 4) is 0 Å². The molecule has 0 saturated carbocycles. The van der Waals surface area contributed by atoms with E-state index in [-0.39, 0.29) is 23.8 Å². The van der Waals surface area contributed by atoms with E-state index in [0.717, 1.165) is 0 Å². The maximum atomic E-state index is 11.8. The first-order valence-electron chi connectivity index (χ1n) is 7.19. The van der Waals surface area contributed by atoms with Gasteiger partial charge in [0.05, 0.1) is 5.60 Å². The van der Waals surface area contributed by atoms with Gasteiger partial charge in [0.2, 0.25) is 5.91 Å². The van der Waals surface area contributed by atoms with Gasteiger partial charge in [-0.15, -0.1) is 0 Å². The third-order valence-corrected chi connectivity index (χ3v) is 3.22. The number of hydrogen-bond acceptors (Lipinski definition) is 3. The Kier molecular flexibility index (Phi) is 7.79. The lowest BCUT2D eigenvalue weighted by Gasteiger charge is -2.22. The lowest BCUT2D eigenvalue weighted by Crippen LogP contribution is -2.42. The molecule has 0 aliphatic carbocycles. The van der Waals surface area contributed by atoms with Crippen molar-refractivity contribution < 1.29 is 19.4 Å². The number of nitrogens with one attached hydrogen (secondary N) is 1. The minimum atomic E-state index is -1.02. The number of carboxylic acid groups (broad SMARTS) is 1. The Morgan fingerprint density at radius 2 is 1.75 bits per heavy atom. The molecule has 0 radical (unpaired) electrons. The lowest BCUT2D eigenvalue weighted by atomic mass is 9.94. The van der Waals surface area contributed by atoms with Gasteiger partial charge in [0.1, 0.15) is 6.04 Å². The van der Waals surface area contributed by atoms with E-state index >= 15 is 0 Å². The van der Waals surface area contributed by atoms with Crippen LogP contribution in [0.4, 0.5) is 0 Å². The van der Waals surface area contributed by atoms with Crippen molar-refractivity contribution in [2.75, 3.05) is 6.61 Å². The van der Waals surface area contributed by atoms with Gasteiger partial charge >= 0.3 is 5.97 Å². The van der Waals surface area contributed by atoms with E-state index < -0.39 is 12.0 Å². The average molecular weight is 287 g/mol. The summed E-state index contributed by atoms with van der Waals surface area (Å²) in [5, 5.41) is 11.7. The summed E-state index contributed by atoms with van der Waals surface area (Å²) in [6, 6.07) is -0.885. The van der Waals surface area contributed by atoms with Gasteiger partial charge in [-0.3, -0.25) is 4.79 Å². The summed E-state index contributed by atoms with van der Waals surface area (Å²) < 4.78 is 5.50. The zero-order valence-electron chi connectivity index (χ0n) is 13.5. The highest BCUT2D eigenvalue weighted by Crippen LogP contribution is 2.14. The summed E-state index contributed by atoms with van der Waals surface area (Å²) >= 11 is 0. The molecule has 118 valence electrons. The number of ether oxygens (including phenoxy) is 1. The molecule has 0 aromatic rings. The summed E-state index contributed by atoms with van der Waals surface area (Å²) in [7, 11) is 0. The summed E-state index contributed by atoms with van der Waals surface area (Å²) in [6.45, 7) is 12.1. The molecule has 0 aromatic heterocycles. The standard InChI is InChI=1S/C15H29NO4/c1-10(2)11(3)9-13(17)16-12(14(18)19)7-8-20-15(4,5)6/h10-12H,7-9H2,1-6H3,(H,16,17)(H,18,19). The first kappa shape index (κ1) is 18.9. The van der Waals surface area contributed by atoms with Crippen LogP contribution in [-0.4, -0.2) is 35.2 Å². The fraction of sp³-hybridized carbons (Fsp3) is 0.867. The molecular weight excluding hydrogens is 258 g/mol. The quantitative estimate of drug-likeness (QED) is 0.719. The molecule has 2 N–H and O–H groups in total. The van der Waals surface area contributed by atoms with Crippen LogP contribution in [-0.2, 0) is 14.3 Å². The van der Waals surface area contributed by atoms with Crippen LogP contribution in [0.15, 0.2) is 0 Å². The number of amides is 1. The minimum Gasteiger partial charge on any atom is -0.480 e. The van der Waals surface area contributed by atoms with E-state index in [2.05, 4.69) is 5.32 Å². The predicted octanol–water partition coefficient (Wildman–Crippen LogP) is 2.44. The molecule has 0 saturated heterocycles. The van der Waals surface area contributed by atoms with Crippen molar-refractivity contribution in [2.45, 2.75) is 66.0 Å². The molecule has 5 nitrogen and oxygen atoms in total. The zero-order valence-corrected chi connectivity index (χ0v) is 13.5. The minimum absolute atomic E-state index is 0.214. The van der Waals surface area contributed by atoms with Crippen LogP contribution in [0, 0.1) is 11.8 Å². The Labute approximate surface area is 122 Å². The van der Waals surface area contributed by atoms with Crippen LogP contribution in [0.3, 0.4) is 0 Å². The monoisotopic (exact) mass is 287 g/mol. The number of aliphatic carboxylic acids is 1. The Bertz CT molecular complexity index is 320. The molecular formula is C15H29NO4. The maximum Gasteiger partial charge on any atom is 0.326 e. The van der Waals surface area contributed by atoms with Gasteiger partial charge in [0.15, 0.2) is 0 Å². The molecule has 20 heavy (non-hydrogen) atoms. The predicted molar refractivity (Wildman–Crippen MR) is 78.5 cm³/mol. The molecule has 0 fully saturated rings. The van der Waals surface area contributed by atoms with E-state index in [0.29, 0.717) is 18.9 Å². The number of carbonyl (C=O) groups is 2. The van der Waals surface area contributed by atoms with Crippen molar-refractivity contribution in [1.82, 2.24) is 5.32 Å². The highest BCUT2D eigenvalue weighted by Gasteiger charge is 2.22. The molecule has 1 amide bonds. The van der Waals surface area contributed by atoms with Crippen LogP contribution in [0.25, 0.3) is 0 Å². The highest BCUT2D eigenvalue weighted by atomic mass is 16.5. The molecule has 2 atom stereocenters. The first-order valence-corrected chi connectivity index (χ1v) is 7.19. The van der Waals surface area contributed by atoms with Gasteiger partial charge in [-0.1, -0.05) is 20.8 Å². The number of carbonyl (C=O) groups excluding carboxylic acids is 1. The van der Waals surface area contributed by atoms with Crippen molar-refractivity contribution in [3.63, 3.8) is 0 Å². The number of hydrogen-bond donors (Lipinski definition) is 2. The van der Waals surface area contributed by atoms with E-state index in [1.165, 1.54) is 0 Å². The average Bonchev–Trinajstić information content (AvgIpc) is 2.25. The summed E-state index contributed by atoms with van der Waals surface area (Å²) in [6.07, 6.45) is 0.621. The van der Waals surface area contributed by atoms with Gasteiger partial charge in [-0.05, 0) is 32.6 Å². The largest absolute Gasteiger partial charge is 0.480 e.